The number of thiocarbonyl (C=S) groups is 1. The number of rotatable bonds is 8. The van der Waals surface area contributed by atoms with E-state index in [0.29, 0.717) is 47.8 Å². The Morgan fingerprint density at radius 3 is 2.24 bits per heavy atom. The number of hydrogen-bond donors (Lipinski definition) is 1. The molecule has 1 fully saturated rings. The molecule has 1 aliphatic rings. The van der Waals surface area contributed by atoms with E-state index in [1.54, 1.807) is 6.08 Å². The van der Waals surface area contributed by atoms with Crippen LogP contribution in [0.1, 0.15) is 26.3 Å². The lowest BCUT2D eigenvalue weighted by Crippen LogP contribution is -2.30. The number of carbonyl (C=O) groups excluding carboxylic acids is 1. The van der Waals surface area contributed by atoms with Gasteiger partial charge in [0.1, 0.15) is 11.4 Å². The highest BCUT2D eigenvalue weighted by molar-refractivity contribution is 7.80. The molecule has 6 nitrogen and oxygen atoms in total. The van der Waals surface area contributed by atoms with Crippen molar-refractivity contribution in [1.82, 2.24) is 5.32 Å². The van der Waals surface area contributed by atoms with Crippen molar-refractivity contribution in [2.24, 2.45) is 0 Å². The fourth-order valence-electron chi connectivity index (χ4n) is 2.95. The molecule has 29 heavy (non-hydrogen) atoms. The lowest BCUT2D eigenvalue weighted by atomic mass is 10.1. The first kappa shape index (κ1) is 20.7. The topological polar surface area (TPSA) is 60.0 Å². The maximum Gasteiger partial charge on any atom is 0.281 e. The van der Waals surface area contributed by atoms with Crippen molar-refractivity contribution < 1.29 is 19.0 Å². The molecule has 2 aromatic carbocycles. The van der Waals surface area contributed by atoms with Crippen molar-refractivity contribution in [1.29, 1.82) is 0 Å². The van der Waals surface area contributed by atoms with E-state index in [9.17, 15) is 4.79 Å². The molecule has 0 atom stereocenters. The van der Waals surface area contributed by atoms with Gasteiger partial charge in [0, 0.05) is 0 Å². The monoisotopic (exact) mass is 412 g/mol. The molecule has 1 aliphatic heterocycles. The largest absolute Gasteiger partial charge is 0.494 e. The van der Waals surface area contributed by atoms with Crippen LogP contribution in [-0.2, 0) is 4.79 Å². The molecule has 0 radical (unpaired) electrons. The highest BCUT2D eigenvalue weighted by Crippen LogP contribution is 2.30. The quantitative estimate of drug-likeness (QED) is 0.519. The fourth-order valence-corrected chi connectivity index (χ4v) is 3.25. The summed E-state index contributed by atoms with van der Waals surface area (Å²) in [5, 5.41) is 3.33. The standard InChI is InChI=1S/C22H24N2O4S/c1-4-26-17-10-8-16(9-11-17)24-21(25)18(23-22(24)29)13-15-7-12-19(27-5-2)20(14-15)28-6-3/h7-14H,4-6H2,1-3H3,(H,23,29). The molecule has 1 heterocycles. The second-order valence-electron chi connectivity index (χ2n) is 6.13. The Hall–Kier alpha value is -3.06. The van der Waals surface area contributed by atoms with E-state index >= 15 is 0 Å². The molecule has 0 bridgehead atoms. The zero-order valence-electron chi connectivity index (χ0n) is 16.7. The van der Waals surface area contributed by atoms with Crippen LogP contribution in [-0.4, -0.2) is 30.8 Å². The summed E-state index contributed by atoms with van der Waals surface area (Å²) in [5.41, 5.74) is 1.89. The summed E-state index contributed by atoms with van der Waals surface area (Å²) >= 11 is 5.38. The first-order valence-corrected chi connectivity index (χ1v) is 9.97. The molecule has 1 amide bonds. The van der Waals surface area contributed by atoms with Gasteiger partial charge in [0.2, 0.25) is 0 Å². The van der Waals surface area contributed by atoms with Crippen molar-refractivity contribution in [2.75, 3.05) is 24.7 Å². The Labute approximate surface area is 176 Å². The van der Waals surface area contributed by atoms with Crippen molar-refractivity contribution >= 4 is 35.0 Å². The first-order valence-electron chi connectivity index (χ1n) is 9.57. The van der Waals surface area contributed by atoms with E-state index in [2.05, 4.69) is 5.32 Å². The van der Waals surface area contributed by atoms with Gasteiger partial charge in [0.15, 0.2) is 16.6 Å². The third-order valence-electron chi connectivity index (χ3n) is 4.16. The van der Waals surface area contributed by atoms with Crippen molar-refractivity contribution in [3.8, 4) is 17.2 Å². The fraction of sp³-hybridized carbons (Fsp3) is 0.273. The molecule has 1 N–H and O–H groups in total. The number of benzene rings is 2. The van der Waals surface area contributed by atoms with Crippen LogP contribution in [0.5, 0.6) is 17.2 Å². The maximum absolute atomic E-state index is 12.9. The molecule has 2 aromatic rings. The normalized spacial score (nSPS) is 14.9. The van der Waals surface area contributed by atoms with Crippen molar-refractivity contribution in [3.05, 3.63) is 53.7 Å². The Balaban J connectivity index is 1.85. The number of carbonyl (C=O) groups is 1. The van der Waals surface area contributed by atoms with Crippen molar-refractivity contribution in [2.45, 2.75) is 20.8 Å². The first-order chi connectivity index (χ1) is 14.1. The number of nitrogens with one attached hydrogen (secondary N) is 1. The van der Waals surface area contributed by atoms with Gasteiger partial charge >= 0.3 is 0 Å². The van der Waals surface area contributed by atoms with Gasteiger partial charge in [0.05, 0.1) is 25.5 Å². The van der Waals surface area contributed by atoms with Crippen LogP contribution in [0.2, 0.25) is 0 Å². The molecular formula is C22H24N2O4S. The Kier molecular flexibility index (Phi) is 6.72. The van der Waals surface area contributed by atoms with E-state index < -0.39 is 0 Å². The van der Waals surface area contributed by atoms with Gasteiger partial charge in [-0.1, -0.05) is 6.07 Å². The summed E-state index contributed by atoms with van der Waals surface area (Å²) < 4.78 is 16.7. The van der Waals surface area contributed by atoms with Crippen LogP contribution in [0, 0.1) is 0 Å². The highest BCUT2D eigenvalue weighted by atomic mass is 32.1. The van der Waals surface area contributed by atoms with E-state index in [1.165, 1.54) is 4.90 Å². The predicted molar refractivity (Wildman–Crippen MR) is 118 cm³/mol. The second kappa shape index (κ2) is 9.43. The Morgan fingerprint density at radius 2 is 1.59 bits per heavy atom. The molecule has 0 saturated carbocycles. The van der Waals surface area contributed by atoms with E-state index in [-0.39, 0.29) is 5.91 Å². The van der Waals surface area contributed by atoms with Crippen LogP contribution in [0.4, 0.5) is 5.69 Å². The highest BCUT2D eigenvalue weighted by Gasteiger charge is 2.32. The van der Waals surface area contributed by atoms with Crippen LogP contribution in [0.25, 0.3) is 6.08 Å². The molecule has 7 heteroatoms. The summed E-state index contributed by atoms with van der Waals surface area (Å²) in [6.07, 6.45) is 1.75. The van der Waals surface area contributed by atoms with Gasteiger partial charge in [-0.3, -0.25) is 9.69 Å². The van der Waals surface area contributed by atoms with Gasteiger partial charge in [-0.05, 0) is 81.0 Å². The summed E-state index contributed by atoms with van der Waals surface area (Å²) in [4.78, 5) is 14.4. The zero-order valence-corrected chi connectivity index (χ0v) is 17.5. The van der Waals surface area contributed by atoms with Crippen molar-refractivity contribution in [3.63, 3.8) is 0 Å². The van der Waals surface area contributed by atoms with Crippen LogP contribution in [0.3, 0.4) is 0 Å². The number of anilines is 1. The summed E-state index contributed by atoms with van der Waals surface area (Å²) in [5.74, 6) is 1.84. The number of amides is 1. The molecule has 152 valence electrons. The molecular weight excluding hydrogens is 388 g/mol. The zero-order chi connectivity index (χ0) is 20.8. The second-order valence-corrected chi connectivity index (χ2v) is 6.51. The van der Waals surface area contributed by atoms with Gasteiger partial charge in [-0.15, -0.1) is 0 Å². The predicted octanol–water partition coefficient (Wildman–Crippen LogP) is 4.14. The average Bonchev–Trinajstić information content (AvgIpc) is 2.98. The lowest BCUT2D eigenvalue weighted by molar-refractivity contribution is -0.113. The smallest absolute Gasteiger partial charge is 0.281 e. The molecule has 0 spiro atoms. The molecule has 0 aromatic heterocycles. The van der Waals surface area contributed by atoms with Gasteiger partial charge in [-0.25, -0.2) is 0 Å². The molecule has 1 saturated heterocycles. The molecule has 0 unspecified atom stereocenters. The summed E-state index contributed by atoms with van der Waals surface area (Å²) in [6, 6.07) is 12.8. The Morgan fingerprint density at radius 1 is 0.931 bits per heavy atom. The van der Waals surface area contributed by atoms with Crippen LogP contribution >= 0.6 is 12.2 Å². The van der Waals surface area contributed by atoms with E-state index in [1.807, 2.05) is 63.2 Å². The number of hydrogen-bond acceptors (Lipinski definition) is 5. The van der Waals surface area contributed by atoms with Crippen LogP contribution < -0.4 is 24.4 Å². The lowest BCUT2D eigenvalue weighted by Gasteiger charge is -2.14. The van der Waals surface area contributed by atoms with Gasteiger partial charge in [-0.2, -0.15) is 0 Å². The number of nitrogens with zero attached hydrogens (tertiary/aromatic N) is 1. The van der Waals surface area contributed by atoms with E-state index in [0.717, 1.165) is 11.3 Å². The third kappa shape index (κ3) is 4.68. The number of ether oxygens (including phenoxy) is 3. The average molecular weight is 413 g/mol. The third-order valence-corrected chi connectivity index (χ3v) is 4.45. The summed E-state index contributed by atoms with van der Waals surface area (Å²) in [7, 11) is 0. The molecule has 0 aliphatic carbocycles. The Bertz CT molecular complexity index is 925. The summed E-state index contributed by atoms with van der Waals surface area (Å²) in [6.45, 7) is 7.41. The minimum absolute atomic E-state index is 0.217. The van der Waals surface area contributed by atoms with E-state index in [4.69, 9.17) is 26.4 Å². The minimum atomic E-state index is -0.217. The minimum Gasteiger partial charge on any atom is -0.494 e. The molecule has 3 rings (SSSR count). The SMILES string of the molecule is CCOc1ccc(N2C(=O)C(=Cc3ccc(OCC)c(OCC)c3)NC2=S)cc1. The van der Waals surface area contributed by atoms with Crippen LogP contribution in [0.15, 0.2) is 48.2 Å². The maximum atomic E-state index is 12.9. The van der Waals surface area contributed by atoms with Gasteiger partial charge < -0.3 is 19.5 Å². The van der Waals surface area contributed by atoms with Gasteiger partial charge in [0.25, 0.3) is 5.91 Å².